The lowest BCUT2D eigenvalue weighted by Crippen LogP contribution is -2.66. The molecular formula is C13H11F9N2O2. The van der Waals surface area contributed by atoms with Crippen LogP contribution in [0.3, 0.4) is 0 Å². The summed E-state index contributed by atoms with van der Waals surface area (Å²) in [6, 6.07) is -0.431. The molecule has 0 aliphatic heterocycles. The fraction of sp³-hybridized carbons (Fsp3) is 0.462. The molecule has 0 unspecified atom stereocenters. The average Bonchev–Trinajstić information content (AvgIpc) is 2.43. The lowest BCUT2D eigenvalue weighted by atomic mass is 10.0. The summed E-state index contributed by atoms with van der Waals surface area (Å²) < 4.78 is 119. The van der Waals surface area contributed by atoms with E-state index in [0.717, 1.165) is 13.2 Å². The molecule has 4 nitrogen and oxygen atoms in total. The van der Waals surface area contributed by atoms with Crippen molar-refractivity contribution < 1.29 is 49.0 Å². The van der Waals surface area contributed by atoms with Gasteiger partial charge in [-0.2, -0.15) is 39.5 Å². The van der Waals surface area contributed by atoms with Crippen LogP contribution in [0.1, 0.15) is 12.5 Å². The summed E-state index contributed by atoms with van der Waals surface area (Å²) >= 11 is 0. The van der Waals surface area contributed by atoms with Crippen LogP contribution >= 0.6 is 0 Å². The Labute approximate surface area is 140 Å². The second-order valence-corrected chi connectivity index (χ2v) is 5.11. The van der Waals surface area contributed by atoms with Crippen LogP contribution in [0.4, 0.5) is 50.0 Å². The van der Waals surface area contributed by atoms with Gasteiger partial charge in [-0.25, -0.2) is 4.79 Å². The Morgan fingerprint density at radius 2 is 1.46 bits per heavy atom. The Morgan fingerprint density at radius 1 is 0.962 bits per heavy atom. The molecular weight excluding hydrogens is 387 g/mol. The van der Waals surface area contributed by atoms with E-state index in [1.807, 2.05) is 0 Å². The summed E-state index contributed by atoms with van der Waals surface area (Å²) in [5.74, 6) is -0.408. The molecule has 0 heterocycles. The van der Waals surface area contributed by atoms with Crippen molar-refractivity contribution in [3.63, 3.8) is 0 Å². The third kappa shape index (κ3) is 4.43. The van der Waals surface area contributed by atoms with Crippen molar-refractivity contribution in [3.05, 3.63) is 23.8 Å². The van der Waals surface area contributed by atoms with Gasteiger partial charge in [0.1, 0.15) is 5.75 Å². The van der Waals surface area contributed by atoms with Gasteiger partial charge in [0.15, 0.2) is 0 Å². The predicted molar refractivity (Wildman–Crippen MR) is 70.7 cm³/mol. The maximum Gasteiger partial charge on any atom is 0.420 e. The first-order valence-electron chi connectivity index (χ1n) is 6.51. The van der Waals surface area contributed by atoms with Gasteiger partial charge in [-0.3, -0.25) is 0 Å². The zero-order valence-electron chi connectivity index (χ0n) is 13.0. The van der Waals surface area contributed by atoms with E-state index >= 15 is 0 Å². The molecule has 0 fully saturated rings. The number of ether oxygens (including phenoxy) is 1. The minimum atomic E-state index is -5.92. The molecule has 1 rings (SSSR count). The molecule has 2 N–H and O–H groups in total. The number of hydrogen-bond donors (Lipinski definition) is 2. The van der Waals surface area contributed by atoms with Crippen LogP contribution < -0.4 is 15.4 Å². The third-order valence-corrected chi connectivity index (χ3v) is 3.27. The van der Waals surface area contributed by atoms with Gasteiger partial charge in [-0.05, 0) is 25.1 Å². The SMILES string of the molecule is COc1ccc(C(F)(F)F)cc1NC(=O)NC(C)(C(F)(F)F)C(F)(F)F. The summed E-state index contributed by atoms with van der Waals surface area (Å²) in [4.78, 5) is 11.6. The molecule has 0 aliphatic rings. The minimum absolute atomic E-state index is 0.303. The van der Waals surface area contributed by atoms with Crippen molar-refractivity contribution in [1.29, 1.82) is 0 Å². The Balaban J connectivity index is 3.18. The van der Waals surface area contributed by atoms with Gasteiger partial charge >= 0.3 is 24.6 Å². The van der Waals surface area contributed by atoms with Crippen molar-refractivity contribution >= 4 is 11.7 Å². The molecule has 0 saturated carbocycles. The number of benzene rings is 1. The molecule has 0 atom stereocenters. The first-order valence-corrected chi connectivity index (χ1v) is 6.51. The number of carbonyl (C=O) groups excluding carboxylic acids is 1. The second-order valence-electron chi connectivity index (χ2n) is 5.11. The summed E-state index contributed by atoms with van der Waals surface area (Å²) in [5.41, 5.74) is -6.70. The monoisotopic (exact) mass is 398 g/mol. The van der Waals surface area contributed by atoms with Gasteiger partial charge in [-0.1, -0.05) is 0 Å². The van der Waals surface area contributed by atoms with Crippen molar-refractivity contribution in [2.45, 2.75) is 31.0 Å². The van der Waals surface area contributed by atoms with Gasteiger partial charge in [0.2, 0.25) is 5.54 Å². The molecule has 0 bridgehead atoms. The standard InChI is InChI=1S/C13H11F9N2O2/c1-10(12(17,18)19,13(20,21)22)24-9(25)23-7-5-6(11(14,15)16)3-4-8(7)26-2/h3-5H,1-2H3,(H2,23,24,25). The number of hydrogen-bond acceptors (Lipinski definition) is 2. The maximum atomic E-state index is 12.7. The van der Waals surface area contributed by atoms with E-state index in [4.69, 9.17) is 0 Å². The number of methoxy groups -OCH3 is 1. The molecule has 0 radical (unpaired) electrons. The van der Waals surface area contributed by atoms with Crippen LogP contribution in [0.2, 0.25) is 0 Å². The highest BCUT2D eigenvalue weighted by atomic mass is 19.4. The molecule has 0 saturated heterocycles. The Morgan fingerprint density at radius 3 is 1.85 bits per heavy atom. The summed E-state index contributed by atoms with van der Waals surface area (Å²) in [6.07, 6.45) is -16.7. The van der Waals surface area contributed by atoms with E-state index in [0.29, 0.717) is 17.4 Å². The third-order valence-electron chi connectivity index (χ3n) is 3.27. The number of urea groups is 1. The zero-order chi connectivity index (χ0) is 20.6. The molecule has 0 spiro atoms. The smallest absolute Gasteiger partial charge is 0.420 e. The van der Waals surface area contributed by atoms with Crippen LogP contribution in [0.15, 0.2) is 18.2 Å². The molecule has 1 aromatic carbocycles. The topological polar surface area (TPSA) is 50.4 Å². The van der Waals surface area contributed by atoms with Gasteiger partial charge < -0.3 is 15.4 Å². The van der Waals surface area contributed by atoms with Gasteiger partial charge in [0.25, 0.3) is 0 Å². The van der Waals surface area contributed by atoms with Crippen LogP contribution in [0, 0.1) is 0 Å². The van der Waals surface area contributed by atoms with Crippen LogP contribution in [0.25, 0.3) is 0 Å². The van der Waals surface area contributed by atoms with Crippen molar-refractivity contribution in [1.82, 2.24) is 5.32 Å². The molecule has 1 aromatic rings. The molecule has 0 aliphatic carbocycles. The highest BCUT2D eigenvalue weighted by molar-refractivity contribution is 5.91. The van der Waals surface area contributed by atoms with E-state index in [9.17, 15) is 44.3 Å². The van der Waals surface area contributed by atoms with E-state index in [1.54, 1.807) is 0 Å². The first-order chi connectivity index (χ1) is 11.5. The molecule has 13 heteroatoms. The summed E-state index contributed by atoms with van der Waals surface area (Å²) in [6.45, 7) is -0.323. The fourth-order valence-corrected chi connectivity index (χ4v) is 1.67. The van der Waals surface area contributed by atoms with Crippen LogP contribution in [-0.2, 0) is 6.18 Å². The molecule has 2 amide bonds. The van der Waals surface area contributed by atoms with Crippen LogP contribution in [-0.4, -0.2) is 31.0 Å². The number of amides is 2. The predicted octanol–water partition coefficient (Wildman–Crippen LogP) is 4.72. The van der Waals surface area contributed by atoms with E-state index in [1.165, 1.54) is 5.32 Å². The highest BCUT2D eigenvalue weighted by Gasteiger charge is 2.68. The number of carbonyl (C=O) groups is 1. The Bertz CT molecular complexity index is 651. The van der Waals surface area contributed by atoms with Gasteiger partial charge in [0.05, 0.1) is 18.4 Å². The maximum absolute atomic E-state index is 12.7. The van der Waals surface area contributed by atoms with Gasteiger partial charge in [0, 0.05) is 0 Å². The number of nitrogens with one attached hydrogen (secondary N) is 2. The summed E-state index contributed by atoms with van der Waals surface area (Å²) in [7, 11) is 0.973. The molecule has 148 valence electrons. The summed E-state index contributed by atoms with van der Waals surface area (Å²) in [5, 5.41) is 2.19. The second kappa shape index (κ2) is 6.76. The highest BCUT2D eigenvalue weighted by Crippen LogP contribution is 2.43. The fourth-order valence-electron chi connectivity index (χ4n) is 1.67. The number of anilines is 1. The van der Waals surface area contributed by atoms with Crippen molar-refractivity contribution in [2.75, 3.05) is 12.4 Å². The molecule has 0 aromatic heterocycles. The lowest BCUT2D eigenvalue weighted by molar-refractivity contribution is -0.297. The lowest BCUT2D eigenvalue weighted by Gasteiger charge is -2.34. The number of rotatable bonds is 3. The van der Waals surface area contributed by atoms with Crippen molar-refractivity contribution in [3.8, 4) is 5.75 Å². The Hall–Kier alpha value is -2.34. The largest absolute Gasteiger partial charge is 0.495 e. The first kappa shape index (κ1) is 21.7. The minimum Gasteiger partial charge on any atom is -0.495 e. The number of halogens is 9. The van der Waals surface area contributed by atoms with E-state index in [-0.39, 0.29) is 6.92 Å². The van der Waals surface area contributed by atoms with Crippen LogP contribution in [0.5, 0.6) is 5.75 Å². The average molecular weight is 398 g/mol. The van der Waals surface area contributed by atoms with E-state index in [2.05, 4.69) is 4.74 Å². The van der Waals surface area contributed by atoms with E-state index < -0.39 is 47.1 Å². The Kier molecular flexibility index (Phi) is 5.64. The molecule has 26 heavy (non-hydrogen) atoms. The number of alkyl halides is 9. The van der Waals surface area contributed by atoms with Crippen molar-refractivity contribution in [2.24, 2.45) is 0 Å². The quantitative estimate of drug-likeness (QED) is 0.725. The van der Waals surface area contributed by atoms with Gasteiger partial charge in [-0.15, -0.1) is 0 Å². The zero-order valence-corrected chi connectivity index (χ0v) is 13.0. The normalized spacial score (nSPS) is 13.3.